The number of benzene rings is 1. The van der Waals surface area contributed by atoms with Crippen LogP contribution in [0.5, 0.6) is 0 Å². The number of hydrogen-bond acceptors (Lipinski definition) is 3. The first-order valence-corrected chi connectivity index (χ1v) is 6.97. The van der Waals surface area contributed by atoms with Crippen LogP contribution in [0.25, 0.3) is 0 Å². The van der Waals surface area contributed by atoms with Crippen LogP contribution < -0.4 is 5.32 Å². The van der Waals surface area contributed by atoms with E-state index in [1.165, 1.54) is 43.7 Å². The molecule has 3 nitrogen and oxygen atoms in total. The molecule has 1 heterocycles. The summed E-state index contributed by atoms with van der Waals surface area (Å²) in [6, 6.07) is 10.0. The van der Waals surface area contributed by atoms with Crippen molar-refractivity contribution in [1.82, 2.24) is 15.1 Å². The van der Waals surface area contributed by atoms with Crippen molar-refractivity contribution in [2.45, 2.75) is 18.5 Å². The maximum atomic E-state index is 3.52. The van der Waals surface area contributed by atoms with Crippen molar-refractivity contribution in [1.29, 1.82) is 0 Å². The molecule has 0 spiro atoms. The summed E-state index contributed by atoms with van der Waals surface area (Å²) in [5.74, 6) is 0. The molecule has 0 amide bonds. The minimum absolute atomic E-state index is 0.504. The van der Waals surface area contributed by atoms with E-state index in [4.69, 9.17) is 0 Å². The lowest BCUT2D eigenvalue weighted by molar-refractivity contribution is 0.0980. The van der Waals surface area contributed by atoms with Crippen LogP contribution in [0.3, 0.4) is 0 Å². The number of likely N-dealkylation sites (N-methyl/N-ethyl adjacent to an activating group) is 2. The summed E-state index contributed by atoms with van der Waals surface area (Å²) in [6.07, 6.45) is 1.20. The minimum Gasteiger partial charge on any atom is -0.312 e. The van der Waals surface area contributed by atoms with Crippen LogP contribution in [0.1, 0.15) is 17.2 Å². The van der Waals surface area contributed by atoms with Gasteiger partial charge in [-0.1, -0.05) is 24.3 Å². The van der Waals surface area contributed by atoms with Gasteiger partial charge in [-0.2, -0.15) is 0 Å². The molecule has 98 valence electrons. The van der Waals surface area contributed by atoms with Crippen molar-refractivity contribution in [2.75, 3.05) is 40.3 Å². The van der Waals surface area contributed by atoms with Gasteiger partial charge in [-0.3, -0.25) is 4.90 Å². The second kappa shape index (κ2) is 5.00. The lowest BCUT2D eigenvalue weighted by atomic mass is 10.1. The van der Waals surface area contributed by atoms with Crippen LogP contribution in [0.4, 0.5) is 0 Å². The van der Waals surface area contributed by atoms with Gasteiger partial charge in [-0.25, -0.2) is 0 Å². The van der Waals surface area contributed by atoms with Gasteiger partial charge < -0.3 is 10.2 Å². The highest BCUT2D eigenvalue weighted by Crippen LogP contribution is 2.34. The van der Waals surface area contributed by atoms with E-state index < -0.39 is 0 Å². The monoisotopic (exact) mass is 245 g/mol. The molecule has 1 aliphatic carbocycles. The fourth-order valence-electron chi connectivity index (χ4n) is 3.42. The lowest BCUT2D eigenvalue weighted by Gasteiger charge is -2.38. The zero-order chi connectivity index (χ0) is 12.5. The van der Waals surface area contributed by atoms with Crippen molar-refractivity contribution in [3.05, 3.63) is 35.4 Å². The second-order valence-corrected chi connectivity index (χ2v) is 5.58. The Hall–Kier alpha value is -0.900. The van der Waals surface area contributed by atoms with Gasteiger partial charge in [0, 0.05) is 38.3 Å². The Kier molecular flexibility index (Phi) is 3.37. The molecule has 18 heavy (non-hydrogen) atoms. The van der Waals surface area contributed by atoms with Crippen LogP contribution in [0, 0.1) is 0 Å². The van der Waals surface area contributed by atoms with E-state index in [2.05, 4.69) is 53.5 Å². The first-order valence-electron chi connectivity index (χ1n) is 6.97. The van der Waals surface area contributed by atoms with Gasteiger partial charge in [0.05, 0.1) is 0 Å². The van der Waals surface area contributed by atoms with Gasteiger partial charge in [0.25, 0.3) is 0 Å². The van der Waals surface area contributed by atoms with Crippen molar-refractivity contribution >= 4 is 0 Å². The van der Waals surface area contributed by atoms with Gasteiger partial charge in [0.1, 0.15) is 0 Å². The summed E-state index contributed by atoms with van der Waals surface area (Å²) in [6.45, 7) is 4.80. The Bertz CT molecular complexity index is 410. The fourth-order valence-corrected chi connectivity index (χ4v) is 3.42. The van der Waals surface area contributed by atoms with Crippen LogP contribution in [0.2, 0.25) is 0 Å². The van der Waals surface area contributed by atoms with Crippen molar-refractivity contribution < 1.29 is 0 Å². The summed E-state index contributed by atoms with van der Waals surface area (Å²) in [5.41, 5.74) is 3.03. The molecule has 1 fully saturated rings. The number of piperazine rings is 1. The normalized spacial score (nSPS) is 29.4. The summed E-state index contributed by atoms with van der Waals surface area (Å²) in [7, 11) is 4.31. The number of rotatable bonds is 2. The molecule has 2 atom stereocenters. The predicted molar refractivity (Wildman–Crippen MR) is 74.8 cm³/mol. The van der Waals surface area contributed by atoms with Crippen molar-refractivity contribution in [2.24, 2.45) is 0 Å². The molecule has 3 rings (SSSR count). The molecule has 0 bridgehead atoms. The third-order valence-corrected chi connectivity index (χ3v) is 4.52. The highest BCUT2D eigenvalue weighted by Gasteiger charge is 2.35. The van der Waals surface area contributed by atoms with Crippen LogP contribution >= 0.6 is 0 Å². The molecule has 1 aromatic rings. The first-order chi connectivity index (χ1) is 8.79. The van der Waals surface area contributed by atoms with E-state index in [0.717, 1.165) is 0 Å². The molecule has 1 aliphatic heterocycles. The van der Waals surface area contributed by atoms with Gasteiger partial charge in [0.15, 0.2) is 0 Å². The second-order valence-electron chi connectivity index (χ2n) is 5.58. The van der Waals surface area contributed by atoms with E-state index in [9.17, 15) is 0 Å². The van der Waals surface area contributed by atoms with Gasteiger partial charge in [-0.15, -0.1) is 0 Å². The SMILES string of the molecule is CNC1c2ccccc2CC1N1CCN(C)CC1. The Morgan fingerprint density at radius 1 is 1.11 bits per heavy atom. The summed E-state index contributed by atoms with van der Waals surface area (Å²) in [4.78, 5) is 5.09. The van der Waals surface area contributed by atoms with E-state index in [1.807, 2.05) is 0 Å². The molecule has 0 radical (unpaired) electrons. The quantitative estimate of drug-likeness (QED) is 0.842. The molecule has 1 N–H and O–H groups in total. The predicted octanol–water partition coefficient (Wildman–Crippen LogP) is 1.12. The van der Waals surface area contributed by atoms with Crippen molar-refractivity contribution in [3.8, 4) is 0 Å². The maximum Gasteiger partial charge on any atom is 0.0481 e. The molecule has 3 heteroatoms. The van der Waals surface area contributed by atoms with E-state index in [1.54, 1.807) is 0 Å². The van der Waals surface area contributed by atoms with E-state index >= 15 is 0 Å². The van der Waals surface area contributed by atoms with Gasteiger partial charge in [-0.05, 0) is 31.6 Å². The maximum absolute atomic E-state index is 3.52. The van der Waals surface area contributed by atoms with Crippen LogP contribution in [-0.2, 0) is 6.42 Å². The molecule has 2 unspecified atom stereocenters. The molecule has 1 saturated heterocycles. The highest BCUT2D eigenvalue weighted by molar-refractivity contribution is 5.37. The Morgan fingerprint density at radius 3 is 2.56 bits per heavy atom. The zero-order valence-electron chi connectivity index (χ0n) is 11.4. The molecule has 1 aromatic carbocycles. The molecule has 2 aliphatic rings. The topological polar surface area (TPSA) is 18.5 Å². The third-order valence-electron chi connectivity index (χ3n) is 4.52. The third kappa shape index (κ3) is 2.07. The molecular weight excluding hydrogens is 222 g/mol. The van der Waals surface area contributed by atoms with E-state index in [-0.39, 0.29) is 0 Å². The average molecular weight is 245 g/mol. The standard InChI is InChI=1S/C15H23N3/c1-16-15-13-6-4-3-5-12(13)11-14(15)18-9-7-17(2)8-10-18/h3-6,14-16H,7-11H2,1-2H3. The first kappa shape index (κ1) is 12.2. The molecule has 0 aromatic heterocycles. The lowest BCUT2D eigenvalue weighted by Crippen LogP contribution is -2.51. The largest absolute Gasteiger partial charge is 0.312 e. The number of nitrogens with zero attached hydrogens (tertiary/aromatic N) is 2. The number of nitrogens with one attached hydrogen (secondary N) is 1. The number of fused-ring (bicyclic) bond motifs is 1. The summed E-state index contributed by atoms with van der Waals surface area (Å²) < 4.78 is 0. The van der Waals surface area contributed by atoms with Gasteiger partial charge >= 0.3 is 0 Å². The van der Waals surface area contributed by atoms with Gasteiger partial charge in [0.2, 0.25) is 0 Å². The summed E-state index contributed by atoms with van der Waals surface area (Å²) in [5, 5.41) is 3.52. The highest BCUT2D eigenvalue weighted by atomic mass is 15.3. The van der Waals surface area contributed by atoms with E-state index in [0.29, 0.717) is 12.1 Å². The fraction of sp³-hybridized carbons (Fsp3) is 0.600. The Labute approximate surface area is 110 Å². The van der Waals surface area contributed by atoms with Crippen molar-refractivity contribution in [3.63, 3.8) is 0 Å². The molecular formula is C15H23N3. The minimum atomic E-state index is 0.504. The summed E-state index contributed by atoms with van der Waals surface area (Å²) >= 11 is 0. The average Bonchev–Trinajstić information content (AvgIpc) is 2.78. The van der Waals surface area contributed by atoms with Crippen LogP contribution in [0.15, 0.2) is 24.3 Å². The Morgan fingerprint density at radius 2 is 1.83 bits per heavy atom. The van der Waals surface area contributed by atoms with Crippen LogP contribution in [-0.4, -0.2) is 56.1 Å². The molecule has 0 saturated carbocycles. The zero-order valence-corrected chi connectivity index (χ0v) is 11.4. The number of hydrogen-bond donors (Lipinski definition) is 1. The smallest absolute Gasteiger partial charge is 0.0481 e. The Balaban J connectivity index is 1.79.